The second kappa shape index (κ2) is 8.37. The van der Waals surface area contributed by atoms with E-state index < -0.39 is 7.14 Å². The van der Waals surface area contributed by atoms with Gasteiger partial charge in [0.15, 0.2) is 7.14 Å². The van der Waals surface area contributed by atoms with Crippen LogP contribution in [0.2, 0.25) is 0 Å². The van der Waals surface area contributed by atoms with E-state index in [9.17, 15) is 4.57 Å². The van der Waals surface area contributed by atoms with E-state index in [0.29, 0.717) is 13.2 Å². The highest BCUT2D eigenvalue weighted by Gasteiger charge is 2.29. The minimum absolute atomic E-state index is 0.645. The third kappa shape index (κ3) is 3.96. The van der Waals surface area contributed by atoms with Crippen LogP contribution in [0.3, 0.4) is 0 Å². The lowest BCUT2D eigenvalue weighted by Gasteiger charge is -2.22. The zero-order valence-electron chi connectivity index (χ0n) is 15.9. The summed E-state index contributed by atoms with van der Waals surface area (Å²) in [6.45, 7) is 11.8. The lowest BCUT2D eigenvalue weighted by atomic mass is 9.92. The number of benzene rings is 1. The second-order valence-electron chi connectivity index (χ2n) is 6.95. The maximum atomic E-state index is 13.5. The van der Waals surface area contributed by atoms with Gasteiger partial charge in [0.25, 0.3) is 0 Å². The molecule has 3 heteroatoms. The average Bonchev–Trinajstić information content (AvgIpc) is 3.03. The monoisotopic (exact) mass is 346 g/mol. The Hall–Kier alpha value is -1.03. The second-order valence-corrected chi connectivity index (χ2v) is 9.47. The lowest BCUT2D eigenvalue weighted by Crippen LogP contribution is -2.19. The van der Waals surface area contributed by atoms with Gasteiger partial charge in [0.05, 0.1) is 13.2 Å². The van der Waals surface area contributed by atoms with Crippen LogP contribution in [0.15, 0.2) is 0 Å². The van der Waals surface area contributed by atoms with E-state index >= 15 is 0 Å². The SMILES string of the molecule is CCCCC#CP(C)(=O)c1c(C)c2c(c(C)c1CCCC)COC2. The first kappa shape index (κ1) is 19.3. The molecule has 1 aromatic rings. The summed E-state index contributed by atoms with van der Waals surface area (Å²) in [7, 11) is -2.68. The van der Waals surface area contributed by atoms with E-state index in [4.69, 9.17) is 4.74 Å². The highest BCUT2D eigenvalue weighted by Crippen LogP contribution is 2.44. The van der Waals surface area contributed by atoms with Crippen LogP contribution < -0.4 is 5.30 Å². The number of rotatable bonds is 6. The molecule has 0 amide bonds. The van der Waals surface area contributed by atoms with Crippen molar-refractivity contribution in [3.05, 3.63) is 27.8 Å². The van der Waals surface area contributed by atoms with Crippen molar-refractivity contribution in [1.29, 1.82) is 0 Å². The third-order valence-electron chi connectivity index (χ3n) is 5.01. The Labute approximate surface area is 147 Å². The van der Waals surface area contributed by atoms with E-state index in [2.05, 4.69) is 39.3 Å². The first-order chi connectivity index (χ1) is 11.4. The Morgan fingerprint density at radius 1 is 1.04 bits per heavy atom. The molecule has 0 radical (unpaired) electrons. The van der Waals surface area contributed by atoms with E-state index in [0.717, 1.165) is 49.4 Å². The minimum atomic E-state index is -2.68. The first-order valence-corrected chi connectivity index (χ1v) is 11.4. The van der Waals surface area contributed by atoms with E-state index in [1.54, 1.807) is 0 Å². The van der Waals surface area contributed by atoms with Crippen LogP contribution in [-0.4, -0.2) is 6.66 Å². The molecule has 0 fully saturated rings. The van der Waals surface area contributed by atoms with Gasteiger partial charge < -0.3 is 9.30 Å². The van der Waals surface area contributed by atoms with E-state index in [1.165, 1.54) is 22.3 Å². The van der Waals surface area contributed by atoms with Gasteiger partial charge in [0, 0.05) is 18.4 Å². The summed E-state index contributed by atoms with van der Waals surface area (Å²) in [6, 6.07) is 0. The van der Waals surface area contributed by atoms with Crippen LogP contribution in [0.1, 0.15) is 73.8 Å². The van der Waals surface area contributed by atoms with Crippen molar-refractivity contribution < 1.29 is 9.30 Å². The van der Waals surface area contributed by atoms with Crippen molar-refractivity contribution >= 4 is 12.4 Å². The van der Waals surface area contributed by atoms with Gasteiger partial charge in [-0.15, -0.1) is 0 Å². The number of hydrogen-bond acceptors (Lipinski definition) is 2. The van der Waals surface area contributed by atoms with Gasteiger partial charge in [-0.05, 0) is 66.6 Å². The van der Waals surface area contributed by atoms with Crippen molar-refractivity contribution in [2.24, 2.45) is 0 Å². The molecule has 2 nitrogen and oxygen atoms in total. The molecule has 1 aliphatic heterocycles. The molecule has 1 unspecified atom stereocenters. The van der Waals surface area contributed by atoms with Gasteiger partial charge in [-0.2, -0.15) is 0 Å². The molecule has 0 N–H and O–H groups in total. The number of ether oxygens (including phenoxy) is 1. The standard InChI is InChI=1S/C21H31O2P/c1-6-8-10-11-13-24(5,22)21-17(4)20-15-23-14-19(20)16(3)18(21)12-9-7-2/h6-10,12,14-15H2,1-5H3. The largest absolute Gasteiger partial charge is 0.372 e. The molecular weight excluding hydrogens is 315 g/mol. The van der Waals surface area contributed by atoms with Crippen molar-refractivity contribution in [2.45, 2.75) is 79.4 Å². The summed E-state index contributed by atoms with van der Waals surface area (Å²) < 4.78 is 19.2. The Morgan fingerprint density at radius 3 is 2.29 bits per heavy atom. The molecule has 0 spiro atoms. The van der Waals surface area contributed by atoms with Crippen LogP contribution in [-0.2, 0) is 28.9 Å². The predicted molar refractivity (Wildman–Crippen MR) is 103 cm³/mol. The van der Waals surface area contributed by atoms with Crippen molar-refractivity contribution in [3.63, 3.8) is 0 Å². The first-order valence-electron chi connectivity index (χ1n) is 9.23. The molecule has 1 aromatic carbocycles. The molecule has 0 aromatic heterocycles. The summed E-state index contributed by atoms with van der Waals surface area (Å²) in [6.07, 6.45) is 6.29. The molecule has 0 bridgehead atoms. The highest BCUT2D eigenvalue weighted by atomic mass is 31.2. The molecule has 0 aliphatic carbocycles. The molecule has 2 rings (SSSR count). The number of unbranched alkanes of at least 4 members (excludes halogenated alkanes) is 3. The van der Waals surface area contributed by atoms with Crippen LogP contribution >= 0.6 is 7.14 Å². The molecule has 24 heavy (non-hydrogen) atoms. The van der Waals surface area contributed by atoms with Gasteiger partial charge in [0.1, 0.15) is 0 Å². The zero-order chi connectivity index (χ0) is 17.7. The molecule has 0 saturated heterocycles. The Bertz CT molecular complexity index is 707. The summed E-state index contributed by atoms with van der Waals surface area (Å²) in [4.78, 5) is 0. The van der Waals surface area contributed by atoms with Gasteiger partial charge in [0.2, 0.25) is 0 Å². The maximum Gasteiger partial charge on any atom is 0.180 e. The van der Waals surface area contributed by atoms with Crippen LogP contribution in [0, 0.1) is 25.4 Å². The van der Waals surface area contributed by atoms with Crippen LogP contribution in [0.4, 0.5) is 0 Å². The Balaban J connectivity index is 2.56. The summed E-state index contributed by atoms with van der Waals surface area (Å²) in [5, 5.41) is 1.03. The summed E-state index contributed by atoms with van der Waals surface area (Å²) >= 11 is 0. The van der Waals surface area contributed by atoms with Gasteiger partial charge >= 0.3 is 0 Å². The maximum absolute atomic E-state index is 13.5. The zero-order valence-corrected chi connectivity index (χ0v) is 16.8. The lowest BCUT2D eigenvalue weighted by molar-refractivity contribution is 0.134. The topological polar surface area (TPSA) is 26.3 Å². The summed E-state index contributed by atoms with van der Waals surface area (Å²) in [5.74, 6) is 3.18. The summed E-state index contributed by atoms with van der Waals surface area (Å²) in [5.41, 5.74) is 9.44. The molecule has 1 atom stereocenters. The Kier molecular flexibility index (Phi) is 6.73. The van der Waals surface area contributed by atoms with Crippen molar-refractivity contribution in [3.8, 4) is 11.6 Å². The number of hydrogen-bond donors (Lipinski definition) is 0. The minimum Gasteiger partial charge on any atom is -0.372 e. The fraction of sp³-hybridized carbons (Fsp3) is 0.619. The normalized spacial score (nSPS) is 15.5. The Morgan fingerprint density at radius 2 is 1.67 bits per heavy atom. The highest BCUT2D eigenvalue weighted by molar-refractivity contribution is 7.75. The van der Waals surface area contributed by atoms with E-state index in [-0.39, 0.29) is 0 Å². The van der Waals surface area contributed by atoms with Gasteiger partial charge in [-0.25, -0.2) is 0 Å². The molecule has 1 heterocycles. The predicted octanol–water partition coefficient (Wildman–Crippen LogP) is 5.45. The van der Waals surface area contributed by atoms with Gasteiger partial charge in [-0.1, -0.05) is 32.6 Å². The fourth-order valence-electron chi connectivity index (χ4n) is 3.59. The molecular formula is C21H31O2P. The molecule has 1 aliphatic rings. The molecule has 0 saturated carbocycles. The van der Waals surface area contributed by atoms with Crippen LogP contribution in [0.5, 0.6) is 0 Å². The van der Waals surface area contributed by atoms with Crippen molar-refractivity contribution in [1.82, 2.24) is 0 Å². The average molecular weight is 346 g/mol. The van der Waals surface area contributed by atoms with E-state index in [1.807, 2.05) is 6.66 Å². The van der Waals surface area contributed by atoms with Gasteiger partial charge in [-0.3, -0.25) is 0 Å². The smallest absolute Gasteiger partial charge is 0.180 e. The van der Waals surface area contributed by atoms with Crippen LogP contribution in [0.25, 0.3) is 0 Å². The molecule has 132 valence electrons. The number of fused-ring (bicyclic) bond motifs is 1. The fourth-order valence-corrected chi connectivity index (χ4v) is 5.69. The quantitative estimate of drug-likeness (QED) is 0.389. The third-order valence-corrected chi connectivity index (χ3v) is 7.05. The van der Waals surface area contributed by atoms with Crippen molar-refractivity contribution in [2.75, 3.05) is 6.66 Å².